The lowest BCUT2D eigenvalue weighted by Gasteiger charge is -2.31. The molecule has 2 N–H and O–H groups in total. The van der Waals surface area contributed by atoms with E-state index in [1.54, 1.807) is 13.1 Å². The number of benzene rings is 1. The summed E-state index contributed by atoms with van der Waals surface area (Å²) in [7, 11) is 0. The van der Waals surface area contributed by atoms with Gasteiger partial charge in [0.1, 0.15) is 0 Å². The predicted octanol–water partition coefficient (Wildman–Crippen LogP) is 2.03. The van der Waals surface area contributed by atoms with Gasteiger partial charge in [-0.15, -0.1) is 0 Å². The lowest BCUT2D eigenvalue weighted by atomic mass is 9.90. The molecule has 4 rings (SSSR count). The van der Waals surface area contributed by atoms with E-state index in [0.717, 1.165) is 57.4 Å². The molecule has 7 nitrogen and oxygen atoms in total. The molecule has 1 aromatic heterocycles. The number of rotatable bonds is 7. The predicted molar refractivity (Wildman–Crippen MR) is 127 cm³/mol. The molecule has 0 saturated carbocycles. The van der Waals surface area contributed by atoms with E-state index in [1.165, 1.54) is 11.1 Å². The Kier molecular flexibility index (Phi) is 7.73. The Hall–Kier alpha value is -2.77. The molecule has 7 heteroatoms. The molecule has 176 valence electrons. The summed E-state index contributed by atoms with van der Waals surface area (Å²) in [6, 6.07) is 10.3. The van der Waals surface area contributed by atoms with Crippen LogP contribution in [0.3, 0.4) is 0 Å². The molecular weight excluding hydrogens is 416 g/mol. The molecule has 1 aromatic carbocycles. The number of hydrogen-bond donors (Lipinski definition) is 2. The number of pyridine rings is 1. The number of aliphatic hydroxyl groups excluding tert-OH is 1. The second-order valence-electron chi connectivity index (χ2n) is 9.35. The third kappa shape index (κ3) is 6.39. The van der Waals surface area contributed by atoms with Crippen molar-refractivity contribution in [2.24, 2.45) is 5.92 Å². The number of carbonyl (C=O) groups excluding carboxylic acids is 2. The fourth-order valence-electron chi connectivity index (χ4n) is 4.89. The Balaban J connectivity index is 1.23. The number of aliphatic hydroxyl groups is 1. The minimum atomic E-state index is -0.623. The quantitative estimate of drug-likeness (QED) is 0.674. The molecular formula is C26H34N4O3. The van der Waals surface area contributed by atoms with Gasteiger partial charge in [-0.05, 0) is 54.4 Å². The Bertz CT molecular complexity index is 972. The molecule has 0 radical (unpaired) electrons. The molecule has 0 bridgehead atoms. The van der Waals surface area contributed by atoms with Gasteiger partial charge in [-0.2, -0.15) is 0 Å². The van der Waals surface area contributed by atoms with Crippen LogP contribution in [0.4, 0.5) is 0 Å². The van der Waals surface area contributed by atoms with Crippen LogP contribution < -0.4 is 5.32 Å². The van der Waals surface area contributed by atoms with Gasteiger partial charge >= 0.3 is 0 Å². The molecule has 33 heavy (non-hydrogen) atoms. The van der Waals surface area contributed by atoms with Crippen LogP contribution in [0.2, 0.25) is 0 Å². The first-order valence-electron chi connectivity index (χ1n) is 11.9. The zero-order valence-corrected chi connectivity index (χ0v) is 19.4. The van der Waals surface area contributed by atoms with Gasteiger partial charge < -0.3 is 15.3 Å². The number of fused-ring (bicyclic) bond motifs is 1. The van der Waals surface area contributed by atoms with Crippen molar-refractivity contribution >= 4 is 11.8 Å². The summed E-state index contributed by atoms with van der Waals surface area (Å²) in [5.41, 5.74) is 4.26. The van der Waals surface area contributed by atoms with Crippen molar-refractivity contribution in [1.29, 1.82) is 0 Å². The van der Waals surface area contributed by atoms with Crippen LogP contribution in [0.5, 0.6) is 0 Å². The zero-order chi connectivity index (χ0) is 23.2. The number of nitrogens with zero attached hydrogens (tertiary/aromatic N) is 3. The minimum Gasteiger partial charge on any atom is -0.390 e. The summed E-state index contributed by atoms with van der Waals surface area (Å²) < 4.78 is 0. The van der Waals surface area contributed by atoms with Gasteiger partial charge in [-0.3, -0.25) is 19.5 Å². The van der Waals surface area contributed by atoms with E-state index >= 15 is 0 Å². The Morgan fingerprint density at radius 3 is 2.67 bits per heavy atom. The van der Waals surface area contributed by atoms with Crippen LogP contribution in [0.25, 0.3) is 0 Å². The molecule has 2 amide bonds. The molecule has 1 saturated heterocycles. The van der Waals surface area contributed by atoms with Crippen LogP contribution >= 0.6 is 0 Å². The molecule has 2 aliphatic heterocycles. The first-order valence-corrected chi connectivity index (χ1v) is 11.9. The van der Waals surface area contributed by atoms with Gasteiger partial charge in [0, 0.05) is 58.6 Å². The summed E-state index contributed by atoms with van der Waals surface area (Å²) >= 11 is 0. The molecule has 2 aliphatic rings. The summed E-state index contributed by atoms with van der Waals surface area (Å²) in [5.74, 6) is 0.428. The second kappa shape index (κ2) is 10.9. The summed E-state index contributed by atoms with van der Waals surface area (Å²) in [5, 5.41) is 13.3. The summed E-state index contributed by atoms with van der Waals surface area (Å²) in [6.07, 6.45) is 6.57. The van der Waals surface area contributed by atoms with Crippen molar-refractivity contribution in [3.05, 3.63) is 65.0 Å². The van der Waals surface area contributed by atoms with Crippen LogP contribution in [-0.2, 0) is 24.2 Å². The monoisotopic (exact) mass is 450 g/mol. The smallest absolute Gasteiger partial charge is 0.252 e. The number of amides is 2. The number of carbonyl (C=O) groups is 2. The highest BCUT2D eigenvalue weighted by Gasteiger charge is 2.22. The van der Waals surface area contributed by atoms with Gasteiger partial charge in [0.25, 0.3) is 5.91 Å². The van der Waals surface area contributed by atoms with Crippen LogP contribution in [0.15, 0.2) is 42.7 Å². The third-order valence-electron chi connectivity index (χ3n) is 6.82. The normalized spacial score (nSPS) is 17.9. The highest BCUT2D eigenvalue weighted by atomic mass is 16.3. The fraction of sp³-hybridized carbons (Fsp3) is 0.500. The van der Waals surface area contributed by atoms with Gasteiger partial charge in [-0.25, -0.2) is 0 Å². The van der Waals surface area contributed by atoms with Gasteiger partial charge in [0.2, 0.25) is 5.91 Å². The van der Waals surface area contributed by atoms with E-state index in [1.807, 2.05) is 17.2 Å². The first kappa shape index (κ1) is 23.4. The molecule has 0 unspecified atom stereocenters. The van der Waals surface area contributed by atoms with Gasteiger partial charge in [0.05, 0.1) is 11.7 Å². The van der Waals surface area contributed by atoms with Crippen molar-refractivity contribution in [3.8, 4) is 0 Å². The highest BCUT2D eigenvalue weighted by Crippen LogP contribution is 2.22. The number of nitrogens with one attached hydrogen (secondary N) is 1. The Morgan fingerprint density at radius 2 is 1.91 bits per heavy atom. The topological polar surface area (TPSA) is 85.8 Å². The average Bonchev–Trinajstić information content (AvgIpc) is 2.83. The standard InChI is InChI=1S/C26H34N4O3/c1-19(31)30-10-6-20(7-11-30)12-21-13-24(15-27-14-21)26(33)28-16-25(32)18-29-9-8-22-4-2-3-5-23(22)17-29/h2-5,13-15,20,25,32H,6-12,16-18H2,1H3,(H,28,33)/t25-/m0/s1. The molecule has 0 spiro atoms. The summed E-state index contributed by atoms with van der Waals surface area (Å²) in [6.45, 7) is 5.71. The minimum absolute atomic E-state index is 0.140. The number of β-amino-alcohol motifs (C(OH)–C–C–N with tert-alkyl or cyclic N) is 1. The maximum Gasteiger partial charge on any atom is 0.252 e. The van der Waals surface area contributed by atoms with E-state index in [-0.39, 0.29) is 18.4 Å². The lowest BCUT2D eigenvalue weighted by molar-refractivity contribution is -0.130. The van der Waals surface area contributed by atoms with E-state index < -0.39 is 6.10 Å². The van der Waals surface area contributed by atoms with Crippen molar-refractivity contribution < 1.29 is 14.7 Å². The van der Waals surface area contributed by atoms with Crippen LogP contribution in [-0.4, -0.2) is 70.5 Å². The molecule has 0 aliphatic carbocycles. The van der Waals surface area contributed by atoms with Crippen molar-refractivity contribution in [2.45, 2.75) is 45.3 Å². The van der Waals surface area contributed by atoms with Crippen molar-refractivity contribution in [1.82, 2.24) is 20.1 Å². The Labute approximate surface area is 195 Å². The lowest BCUT2D eigenvalue weighted by Crippen LogP contribution is -2.42. The molecule has 3 heterocycles. The maximum absolute atomic E-state index is 12.6. The number of hydrogen-bond acceptors (Lipinski definition) is 5. The first-order chi connectivity index (χ1) is 16.0. The average molecular weight is 451 g/mol. The van der Waals surface area contributed by atoms with E-state index in [0.29, 0.717) is 18.0 Å². The van der Waals surface area contributed by atoms with Gasteiger partial charge in [0.15, 0.2) is 0 Å². The number of likely N-dealkylation sites (tertiary alicyclic amines) is 1. The van der Waals surface area contributed by atoms with Gasteiger partial charge in [-0.1, -0.05) is 24.3 Å². The van der Waals surface area contributed by atoms with Crippen LogP contribution in [0.1, 0.15) is 46.8 Å². The second-order valence-corrected chi connectivity index (χ2v) is 9.35. The van der Waals surface area contributed by atoms with E-state index in [9.17, 15) is 14.7 Å². The largest absolute Gasteiger partial charge is 0.390 e. The molecule has 1 atom stereocenters. The third-order valence-corrected chi connectivity index (χ3v) is 6.82. The van der Waals surface area contributed by atoms with Crippen molar-refractivity contribution in [2.75, 3.05) is 32.7 Å². The van der Waals surface area contributed by atoms with E-state index in [4.69, 9.17) is 0 Å². The SMILES string of the molecule is CC(=O)N1CCC(Cc2cncc(C(=O)NC[C@H](O)CN3CCc4ccccc4C3)c2)CC1. The number of aromatic nitrogens is 1. The maximum atomic E-state index is 12.6. The highest BCUT2D eigenvalue weighted by molar-refractivity contribution is 5.94. The molecule has 1 fully saturated rings. The summed E-state index contributed by atoms with van der Waals surface area (Å²) in [4.78, 5) is 32.5. The molecule has 2 aromatic rings. The fourth-order valence-corrected chi connectivity index (χ4v) is 4.89. The van der Waals surface area contributed by atoms with Crippen molar-refractivity contribution in [3.63, 3.8) is 0 Å². The number of piperidine rings is 1. The Morgan fingerprint density at radius 1 is 1.15 bits per heavy atom. The van der Waals surface area contributed by atoms with Crippen LogP contribution in [0, 0.1) is 5.92 Å². The van der Waals surface area contributed by atoms with E-state index in [2.05, 4.69) is 39.5 Å². The zero-order valence-electron chi connectivity index (χ0n) is 19.4.